The summed E-state index contributed by atoms with van der Waals surface area (Å²) in [6.45, 7) is 0.490. The highest BCUT2D eigenvalue weighted by molar-refractivity contribution is 7.92. The molecule has 0 aromatic heterocycles. The van der Waals surface area contributed by atoms with Crippen LogP contribution in [0.2, 0.25) is 5.02 Å². The molecule has 0 saturated carbocycles. The van der Waals surface area contributed by atoms with Crippen LogP contribution in [-0.4, -0.2) is 28.0 Å². The fourth-order valence-electron chi connectivity index (χ4n) is 2.96. The number of rotatable bonds is 9. The predicted molar refractivity (Wildman–Crippen MR) is 122 cm³/mol. The van der Waals surface area contributed by atoms with Gasteiger partial charge in [0.2, 0.25) is 0 Å². The standard InChI is InChI=1S/C23H23ClN2O4S/c1-30-19-12-9-17(10-13-19)6-5-15-25-23(27)21-14-11-18(16-22(21)24)26-31(28,29)20-7-3-2-4-8-20/h2-4,7-14,16,26H,5-6,15H2,1H3,(H,25,27). The van der Waals surface area contributed by atoms with Gasteiger partial charge in [0.05, 0.1) is 28.3 Å². The van der Waals surface area contributed by atoms with E-state index in [0.717, 1.165) is 24.2 Å². The number of sulfonamides is 1. The van der Waals surface area contributed by atoms with Gasteiger partial charge in [0, 0.05) is 6.54 Å². The molecule has 3 rings (SSSR count). The van der Waals surface area contributed by atoms with E-state index >= 15 is 0 Å². The van der Waals surface area contributed by atoms with Gasteiger partial charge in [-0.3, -0.25) is 9.52 Å². The van der Waals surface area contributed by atoms with Crippen LogP contribution in [0.4, 0.5) is 5.69 Å². The molecule has 0 bridgehead atoms. The average Bonchev–Trinajstić information content (AvgIpc) is 2.77. The minimum atomic E-state index is -3.73. The number of methoxy groups -OCH3 is 1. The number of carbonyl (C=O) groups is 1. The molecule has 1 amide bonds. The largest absolute Gasteiger partial charge is 0.497 e. The van der Waals surface area contributed by atoms with Crippen LogP contribution >= 0.6 is 11.6 Å². The lowest BCUT2D eigenvalue weighted by molar-refractivity contribution is 0.0953. The first-order chi connectivity index (χ1) is 14.9. The zero-order valence-corrected chi connectivity index (χ0v) is 18.5. The van der Waals surface area contributed by atoms with Gasteiger partial charge in [-0.2, -0.15) is 0 Å². The van der Waals surface area contributed by atoms with Crippen molar-refractivity contribution in [1.82, 2.24) is 5.32 Å². The Morgan fingerprint density at radius 2 is 1.71 bits per heavy atom. The lowest BCUT2D eigenvalue weighted by atomic mass is 10.1. The Morgan fingerprint density at radius 3 is 2.35 bits per heavy atom. The van der Waals surface area contributed by atoms with Crippen molar-refractivity contribution in [2.24, 2.45) is 0 Å². The van der Waals surface area contributed by atoms with Crippen LogP contribution < -0.4 is 14.8 Å². The molecule has 8 heteroatoms. The van der Waals surface area contributed by atoms with E-state index < -0.39 is 10.0 Å². The number of hydrogen-bond donors (Lipinski definition) is 2. The smallest absolute Gasteiger partial charge is 0.261 e. The first kappa shape index (κ1) is 22.7. The lowest BCUT2D eigenvalue weighted by Gasteiger charge is -2.11. The van der Waals surface area contributed by atoms with Crippen molar-refractivity contribution >= 4 is 33.2 Å². The highest BCUT2D eigenvalue weighted by Gasteiger charge is 2.16. The van der Waals surface area contributed by atoms with E-state index in [4.69, 9.17) is 16.3 Å². The molecule has 3 aromatic rings. The maximum Gasteiger partial charge on any atom is 0.261 e. The van der Waals surface area contributed by atoms with Gasteiger partial charge in [-0.05, 0) is 60.9 Å². The molecule has 0 spiro atoms. The molecule has 0 aliphatic carbocycles. The molecule has 0 heterocycles. The summed E-state index contributed by atoms with van der Waals surface area (Å²) in [4.78, 5) is 12.6. The minimum Gasteiger partial charge on any atom is -0.497 e. The summed E-state index contributed by atoms with van der Waals surface area (Å²) in [6.07, 6.45) is 1.59. The summed E-state index contributed by atoms with van der Waals surface area (Å²) < 4.78 is 32.4. The van der Waals surface area contributed by atoms with E-state index in [-0.39, 0.29) is 27.1 Å². The molecular weight excluding hydrogens is 436 g/mol. The molecule has 3 aromatic carbocycles. The van der Waals surface area contributed by atoms with Gasteiger partial charge in [-0.15, -0.1) is 0 Å². The van der Waals surface area contributed by atoms with E-state index in [9.17, 15) is 13.2 Å². The van der Waals surface area contributed by atoms with Crippen molar-refractivity contribution in [1.29, 1.82) is 0 Å². The number of ether oxygens (including phenoxy) is 1. The zero-order chi connectivity index (χ0) is 22.3. The molecular formula is C23H23ClN2O4S. The van der Waals surface area contributed by atoms with Crippen LogP contribution in [0, 0.1) is 0 Å². The topological polar surface area (TPSA) is 84.5 Å². The van der Waals surface area contributed by atoms with E-state index in [1.807, 2.05) is 24.3 Å². The number of benzene rings is 3. The molecule has 162 valence electrons. The third-order valence-corrected chi connectivity index (χ3v) is 6.32. The average molecular weight is 459 g/mol. The molecule has 0 unspecified atom stereocenters. The van der Waals surface area contributed by atoms with E-state index in [1.165, 1.54) is 30.3 Å². The number of aryl methyl sites for hydroxylation is 1. The van der Waals surface area contributed by atoms with Crippen molar-refractivity contribution in [2.45, 2.75) is 17.7 Å². The summed E-state index contributed by atoms with van der Waals surface area (Å²) in [5.41, 5.74) is 1.72. The van der Waals surface area contributed by atoms with Crippen molar-refractivity contribution in [3.05, 3.63) is 88.9 Å². The Balaban J connectivity index is 1.54. The molecule has 0 radical (unpaired) electrons. The maximum absolute atomic E-state index is 12.4. The Labute approximate surface area is 187 Å². The molecule has 31 heavy (non-hydrogen) atoms. The normalized spacial score (nSPS) is 11.0. The van der Waals surface area contributed by atoms with E-state index in [2.05, 4.69) is 10.0 Å². The maximum atomic E-state index is 12.4. The summed E-state index contributed by atoms with van der Waals surface area (Å²) in [5.74, 6) is 0.499. The first-order valence-electron chi connectivity index (χ1n) is 9.67. The van der Waals surface area contributed by atoms with Crippen molar-refractivity contribution in [3.63, 3.8) is 0 Å². The van der Waals surface area contributed by atoms with Gasteiger partial charge in [-0.1, -0.05) is 41.9 Å². The van der Waals surface area contributed by atoms with Gasteiger partial charge in [0.25, 0.3) is 15.9 Å². The van der Waals surface area contributed by atoms with Crippen LogP contribution in [0.1, 0.15) is 22.3 Å². The fraction of sp³-hybridized carbons (Fsp3) is 0.174. The number of anilines is 1. The molecule has 0 saturated heterocycles. The molecule has 0 fully saturated rings. The Kier molecular flexibility index (Phi) is 7.55. The van der Waals surface area contributed by atoms with Crippen molar-refractivity contribution in [3.8, 4) is 5.75 Å². The fourth-order valence-corrected chi connectivity index (χ4v) is 4.30. The summed E-state index contributed by atoms with van der Waals surface area (Å²) >= 11 is 6.23. The molecule has 0 aliphatic rings. The monoisotopic (exact) mass is 458 g/mol. The summed E-state index contributed by atoms with van der Waals surface area (Å²) in [7, 11) is -2.10. The zero-order valence-electron chi connectivity index (χ0n) is 17.0. The predicted octanol–water partition coefficient (Wildman–Crippen LogP) is 4.51. The Morgan fingerprint density at radius 1 is 1.00 bits per heavy atom. The van der Waals surface area contributed by atoms with Gasteiger partial charge >= 0.3 is 0 Å². The highest BCUT2D eigenvalue weighted by Crippen LogP contribution is 2.23. The molecule has 6 nitrogen and oxygen atoms in total. The van der Waals surface area contributed by atoms with Gasteiger partial charge in [0.1, 0.15) is 5.75 Å². The molecule has 0 atom stereocenters. The van der Waals surface area contributed by atoms with Crippen molar-refractivity contribution in [2.75, 3.05) is 18.4 Å². The molecule has 0 aliphatic heterocycles. The summed E-state index contributed by atoms with van der Waals surface area (Å²) in [5, 5.41) is 3.01. The summed E-state index contributed by atoms with van der Waals surface area (Å²) in [6, 6.07) is 20.3. The van der Waals surface area contributed by atoms with Crippen LogP contribution in [-0.2, 0) is 16.4 Å². The quantitative estimate of drug-likeness (QED) is 0.462. The van der Waals surface area contributed by atoms with Gasteiger partial charge in [0.15, 0.2) is 0 Å². The third-order valence-electron chi connectivity index (χ3n) is 4.61. The number of amides is 1. The third kappa shape index (κ3) is 6.23. The van der Waals surface area contributed by atoms with E-state index in [1.54, 1.807) is 25.3 Å². The van der Waals surface area contributed by atoms with Crippen LogP contribution in [0.3, 0.4) is 0 Å². The van der Waals surface area contributed by atoms with Crippen molar-refractivity contribution < 1.29 is 17.9 Å². The second-order valence-electron chi connectivity index (χ2n) is 6.82. The Bertz CT molecular complexity index is 1130. The van der Waals surface area contributed by atoms with E-state index in [0.29, 0.717) is 6.54 Å². The number of nitrogens with one attached hydrogen (secondary N) is 2. The van der Waals surface area contributed by atoms with Crippen LogP contribution in [0.5, 0.6) is 5.75 Å². The van der Waals surface area contributed by atoms with Crippen LogP contribution in [0.25, 0.3) is 0 Å². The number of hydrogen-bond acceptors (Lipinski definition) is 4. The van der Waals surface area contributed by atoms with Gasteiger partial charge < -0.3 is 10.1 Å². The molecule has 2 N–H and O–H groups in total. The highest BCUT2D eigenvalue weighted by atomic mass is 35.5. The lowest BCUT2D eigenvalue weighted by Crippen LogP contribution is -2.25. The Hall–Kier alpha value is -3.03. The van der Waals surface area contributed by atoms with Gasteiger partial charge in [-0.25, -0.2) is 8.42 Å². The second kappa shape index (κ2) is 10.3. The first-order valence-corrected chi connectivity index (χ1v) is 11.5. The van der Waals surface area contributed by atoms with Crippen LogP contribution in [0.15, 0.2) is 77.7 Å². The minimum absolute atomic E-state index is 0.143. The number of carbonyl (C=O) groups excluding carboxylic acids is 1. The number of halogens is 1. The second-order valence-corrected chi connectivity index (χ2v) is 8.91. The SMILES string of the molecule is COc1ccc(CCCNC(=O)c2ccc(NS(=O)(=O)c3ccccc3)cc2Cl)cc1.